The van der Waals surface area contributed by atoms with E-state index in [2.05, 4.69) is 10.3 Å². The molecule has 4 heteroatoms. The molecule has 1 N–H and O–H groups in total. The van der Waals surface area contributed by atoms with Crippen molar-refractivity contribution in [3.8, 4) is 11.3 Å². The number of rotatable bonds is 4. The Morgan fingerprint density at radius 2 is 2.24 bits per heavy atom. The highest BCUT2D eigenvalue weighted by Crippen LogP contribution is 2.24. The lowest BCUT2D eigenvalue weighted by molar-refractivity contribution is 0.445. The second-order valence-electron chi connectivity index (χ2n) is 3.87. The van der Waals surface area contributed by atoms with E-state index in [4.69, 9.17) is 4.42 Å². The van der Waals surface area contributed by atoms with Crippen molar-refractivity contribution in [2.75, 3.05) is 6.54 Å². The van der Waals surface area contributed by atoms with Crippen molar-refractivity contribution in [3.05, 3.63) is 42.2 Å². The van der Waals surface area contributed by atoms with Crippen LogP contribution in [0.4, 0.5) is 4.39 Å². The number of nitrogens with zero attached hydrogens (tertiary/aromatic N) is 1. The Morgan fingerprint density at radius 3 is 2.94 bits per heavy atom. The molecule has 1 unspecified atom stereocenters. The number of aromatic nitrogens is 1. The van der Waals surface area contributed by atoms with Gasteiger partial charge in [0.2, 0.25) is 0 Å². The number of nitrogens with one attached hydrogen (secondary N) is 1. The topological polar surface area (TPSA) is 38.1 Å². The van der Waals surface area contributed by atoms with Crippen LogP contribution in [0.1, 0.15) is 25.6 Å². The Labute approximate surface area is 99.7 Å². The Morgan fingerprint density at radius 1 is 1.41 bits per heavy atom. The van der Waals surface area contributed by atoms with Gasteiger partial charge in [-0.2, -0.15) is 0 Å². The highest BCUT2D eigenvalue weighted by molar-refractivity contribution is 5.56. The number of hydrogen-bond donors (Lipinski definition) is 1. The predicted molar refractivity (Wildman–Crippen MR) is 64.0 cm³/mol. The summed E-state index contributed by atoms with van der Waals surface area (Å²) in [5.41, 5.74) is 0.653. The van der Waals surface area contributed by atoms with Crippen molar-refractivity contribution in [3.63, 3.8) is 0 Å². The number of halogens is 1. The highest BCUT2D eigenvalue weighted by Gasteiger charge is 2.10. The van der Waals surface area contributed by atoms with Gasteiger partial charge in [0.1, 0.15) is 17.3 Å². The lowest BCUT2D eigenvalue weighted by atomic mass is 10.2. The van der Waals surface area contributed by atoms with Crippen LogP contribution in [0.2, 0.25) is 0 Å². The Bertz CT molecular complexity index is 496. The van der Waals surface area contributed by atoms with E-state index in [9.17, 15) is 4.39 Å². The van der Waals surface area contributed by atoms with Gasteiger partial charge >= 0.3 is 0 Å². The van der Waals surface area contributed by atoms with E-state index in [1.54, 1.807) is 6.20 Å². The Kier molecular flexibility index (Phi) is 3.54. The molecule has 17 heavy (non-hydrogen) atoms. The van der Waals surface area contributed by atoms with Crippen LogP contribution in [0, 0.1) is 5.82 Å². The molecule has 0 saturated heterocycles. The highest BCUT2D eigenvalue weighted by atomic mass is 19.1. The maximum absolute atomic E-state index is 13.0. The SMILES string of the molecule is CCNC(C)c1ccc(-c2cncc(F)c2)o1. The molecule has 90 valence electrons. The van der Waals surface area contributed by atoms with E-state index >= 15 is 0 Å². The minimum absolute atomic E-state index is 0.148. The van der Waals surface area contributed by atoms with Gasteiger partial charge < -0.3 is 9.73 Å². The van der Waals surface area contributed by atoms with Gasteiger partial charge in [-0.15, -0.1) is 0 Å². The lowest BCUT2D eigenvalue weighted by Crippen LogP contribution is -2.16. The first-order valence-corrected chi connectivity index (χ1v) is 5.64. The van der Waals surface area contributed by atoms with Crippen molar-refractivity contribution in [2.45, 2.75) is 19.9 Å². The minimum atomic E-state index is -0.361. The van der Waals surface area contributed by atoms with E-state index in [1.165, 1.54) is 12.3 Å². The van der Waals surface area contributed by atoms with Crippen LogP contribution < -0.4 is 5.32 Å². The maximum atomic E-state index is 13.0. The number of furan rings is 1. The largest absolute Gasteiger partial charge is 0.459 e. The van der Waals surface area contributed by atoms with Gasteiger partial charge in [-0.1, -0.05) is 6.92 Å². The van der Waals surface area contributed by atoms with Gasteiger partial charge in [0.05, 0.1) is 12.2 Å². The summed E-state index contributed by atoms with van der Waals surface area (Å²) in [5, 5.41) is 3.25. The predicted octanol–water partition coefficient (Wildman–Crippen LogP) is 3.15. The van der Waals surface area contributed by atoms with Crippen LogP contribution in [-0.4, -0.2) is 11.5 Å². The van der Waals surface area contributed by atoms with Crippen molar-refractivity contribution in [1.82, 2.24) is 10.3 Å². The number of pyridine rings is 1. The van der Waals surface area contributed by atoms with Gasteiger partial charge in [0.25, 0.3) is 0 Å². The van der Waals surface area contributed by atoms with Crippen LogP contribution >= 0.6 is 0 Å². The molecule has 3 nitrogen and oxygen atoms in total. The molecule has 0 aliphatic heterocycles. The molecule has 1 atom stereocenters. The summed E-state index contributed by atoms with van der Waals surface area (Å²) < 4.78 is 18.7. The van der Waals surface area contributed by atoms with Crippen molar-refractivity contribution >= 4 is 0 Å². The average Bonchev–Trinajstić information content (AvgIpc) is 2.78. The second kappa shape index (κ2) is 5.10. The van der Waals surface area contributed by atoms with Crippen LogP contribution in [0.5, 0.6) is 0 Å². The first kappa shape index (κ1) is 11.8. The zero-order valence-corrected chi connectivity index (χ0v) is 9.90. The van der Waals surface area contributed by atoms with E-state index < -0.39 is 0 Å². The van der Waals surface area contributed by atoms with Crippen molar-refractivity contribution < 1.29 is 8.81 Å². The van der Waals surface area contributed by atoms with Crippen LogP contribution in [0.3, 0.4) is 0 Å². The zero-order chi connectivity index (χ0) is 12.3. The summed E-state index contributed by atoms with van der Waals surface area (Å²) in [6, 6.07) is 5.29. The molecule has 2 heterocycles. The molecule has 0 fully saturated rings. The van der Waals surface area contributed by atoms with Gasteiger partial charge in [0, 0.05) is 11.8 Å². The molecule has 0 aliphatic carbocycles. The number of hydrogen-bond acceptors (Lipinski definition) is 3. The molecule has 2 aromatic heterocycles. The molecule has 0 spiro atoms. The third-order valence-corrected chi connectivity index (χ3v) is 2.55. The zero-order valence-electron chi connectivity index (χ0n) is 9.90. The van der Waals surface area contributed by atoms with E-state index in [-0.39, 0.29) is 11.9 Å². The molecular weight excluding hydrogens is 219 g/mol. The first-order chi connectivity index (χ1) is 8.20. The minimum Gasteiger partial charge on any atom is -0.459 e. The van der Waals surface area contributed by atoms with E-state index in [0.29, 0.717) is 11.3 Å². The average molecular weight is 234 g/mol. The molecule has 0 aliphatic rings. The normalized spacial score (nSPS) is 12.6. The molecule has 2 rings (SSSR count). The standard InChI is InChI=1S/C13H15FN2O/c1-3-16-9(2)12-4-5-13(17-12)10-6-11(14)8-15-7-10/h4-9,16H,3H2,1-2H3. The van der Waals surface area contributed by atoms with Crippen molar-refractivity contribution in [2.24, 2.45) is 0 Å². The fraction of sp³-hybridized carbons (Fsp3) is 0.308. The summed E-state index contributed by atoms with van der Waals surface area (Å²) in [6.07, 6.45) is 2.76. The smallest absolute Gasteiger partial charge is 0.142 e. The fourth-order valence-corrected chi connectivity index (χ4v) is 1.69. The fourth-order valence-electron chi connectivity index (χ4n) is 1.69. The van der Waals surface area contributed by atoms with Crippen LogP contribution in [0.15, 0.2) is 35.0 Å². The molecule has 0 bridgehead atoms. The third-order valence-electron chi connectivity index (χ3n) is 2.55. The van der Waals surface area contributed by atoms with Gasteiger partial charge in [-0.05, 0) is 31.7 Å². The summed E-state index contributed by atoms with van der Waals surface area (Å²) in [5.74, 6) is 1.11. The van der Waals surface area contributed by atoms with E-state index in [1.807, 2.05) is 26.0 Å². The van der Waals surface area contributed by atoms with E-state index in [0.717, 1.165) is 12.3 Å². The third kappa shape index (κ3) is 2.71. The van der Waals surface area contributed by atoms with Crippen molar-refractivity contribution in [1.29, 1.82) is 0 Å². The summed E-state index contributed by atoms with van der Waals surface area (Å²) in [6.45, 7) is 4.94. The van der Waals surface area contributed by atoms with Crippen LogP contribution in [0.25, 0.3) is 11.3 Å². The summed E-state index contributed by atoms with van der Waals surface area (Å²) >= 11 is 0. The molecule has 2 aromatic rings. The molecule has 0 saturated carbocycles. The van der Waals surface area contributed by atoms with Gasteiger partial charge in [-0.25, -0.2) is 4.39 Å². The monoisotopic (exact) mass is 234 g/mol. The molecule has 0 radical (unpaired) electrons. The molecular formula is C13H15FN2O. The summed E-state index contributed by atoms with van der Waals surface area (Å²) in [7, 11) is 0. The van der Waals surface area contributed by atoms with Crippen LogP contribution in [-0.2, 0) is 0 Å². The Hall–Kier alpha value is -1.68. The van der Waals surface area contributed by atoms with Gasteiger partial charge in [-0.3, -0.25) is 4.98 Å². The summed E-state index contributed by atoms with van der Waals surface area (Å²) in [4.78, 5) is 3.80. The maximum Gasteiger partial charge on any atom is 0.142 e. The second-order valence-corrected chi connectivity index (χ2v) is 3.87. The molecule has 0 amide bonds. The Balaban J connectivity index is 2.23. The lowest BCUT2D eigenvalue weighted by Gasteiger charge is -2.08. The molecule has 0 aromatic carbocycles. The first-order valence-electron chi connectivity index (χ1n) is 5.64. The quantitative estimate of drug-likeness (QED) is 0.883. The van der Waals surface area contributed by atoms with Gasteiger partial charge in [0.15, 0.2) is 0 Å².